The van der Waals surface area contributed by atoms with Crippen LogP contribution in [0.3, 0.4) is 0 Å². The second kappa shape index (κ2) is 18.7. The number of carboxylic acid groups (broad SMARTS) is 2. The van der Waals surface area contributed by atoms with E-state index in [-0.39, 0.29) is 31.0 Å². The van der Waals surface area contributed by atoms with E-state index < -0.39 is 18.0 Å². The number of carboxylic acids is 2. The Morgan fingerprint density at radius 2 is 1.28 bits per heavy atom. The highest BCUT2D eigenvalue weighted by Gasteiger charge is 2.20. The van der Waals surface area contributed by atoms with Crippen LogP contribution in [0.25, 0.3) is 0 Å². The van der Waals surface area contributed by atoms with Crippen LogP contribution in [0.1, 0.15) is 84.0 Å². The van der Waals surface area contributed by atoms with Crippen LogP contribution in [0.5, 0.6) is 0 Å². The Hall–Kier alpha value is -1.67. The molecule has 8 nitrogen and oxygen atoms in total. The third-order valence-electron chi connectivity index (χ3n) is 3.79. The van der Waals surface area contributed by atoms with Crippen molar-refractivity contribution < 1.29 is 24.6 Å². The summed E-state index contributed by atoms with van der Waals surface area (Å²) in [5, 5.41) is 19.9. The first-order valence-corrected chi connectivity index (χ1v) is 8.71. The number of carbonyl (C=O) groups excluding carboxylic acids is 1. The molecular formula is C17H37N3O5. The molecule has 0 aromatic carbocycles. The summed E-state index contributed by atoms with van der Waals surface area (Å²) in [5.41, 5.74) is 0. The molecule has 1 atom stereocenters. The monoisotopic (exact) mass is 363 g/mol. The maximum absolute atomic E-state index is 11.7. The molecule has 0 spiro atoms. The van der Waals surface area contributed by atoms with Crippen molar-refractivity contribution in [2.45, 2.75) is 90.0 Å². The van der Waals surface area contributed by atoms with Gasteiger partial charge in [-0.05, 0) is 12.8 Å². The number of amides is 1. The first-order valence-electron chi connectivity index (χ1n) is 8.71. The van der Waals surface area contributed by atoms with Gasteiger partial charge in [0, 0.05) is 12.8 Å². The lowest BCUT2D eigenvalue weighted by Gasteiger charge is -2.13. The van der Waals surface area contributed by atoms with Crippen molar-refractivity contribution in [3.8, 4) is 0 Å². The number of carbonyl (C=O) groups is 3. The van der Waals surface area contributed by atoms with Crippen molar-refractivity contribution in [3.63, 3.8) is 0 Å². The zero-order chi connectivity index (χ0) is 17.5. The molecule has 0 aliphatic carbocycles. The summed E-state index contributed by atoms with van der Waals surface area (Å²) in [6, 6.07) is -1.11. The highest BCUT2D eigenvalue weighted by atomic mass is 16.4. The Balaban J connectivity index is -0.00000242. The van der Waals surface area contributed by atoms with E-state index in [1.165, 1.54) is 38.5 Å². The smallest absolute Gasteiger partial charge is 0.326 e. The summed E-state index contributed by atoms with van der Waals surface area (Å²) >= 11 is 0. The molecule has 1 amide bonds. The summed E-state index contributed by atoms with van der Waals surface area (Å²) in [5.74, 6) is -2.57. The van der Waals surface area contributed by atoms with Gasteiger partial charge in [0.05, 0.1) is 0 Å². The van der Waals surface area contributed by atoms with Gasteiger partial charge in [-0.1, -0.05) is 58.3 Å². The molecule has 9 N–H and O–H groups in total. The molecule has 150 valence electrons. The van der Waals surface area contributed by atoms with Gasteiger partial charge in [-0.3, -0.25) is 9.59 Å². The third kappa shape index (κ3) is 18.5. The van der Waals surface area contributed by atoms with E-state index in [1.54, 1.807) is 0 Å². The molecule has 25 heavy (non-hydrogen) atoms. The molecule has 0 saturated heterocycles. The molecule has 0 aliphatic rings. The Morgan fingerprint density at radius 1 is 0.800 bits per heavy atom. The van der Waals surface area contributed by atoms with Crippen molar-refractivity contribution in [2.24, 2.45) is 0 Å². The third-order valence-corrected chi connectivity index (χ3v) is 3.79. The summed E-state index contributed by atoms with van der Waals surface area (Å²) < 4.78 is 0. The molecule has 0 fully saturated rings. The van der Waals surface area contributed by atoms with E-state index in [0.717, 1.165) is 19.3 Å². The quantitative estimate of drug-likeness (QED) is 0.276. The first kappa shape index (κ1) is 28.1. The molecule has 0 aromatic rings. The van der Waals surface area contributed by atoms with Crippen LogP contribution >= 0.6 is 0 Å². The van der Waals surface area contributed by atoms with Gasteiger partial charge in [0.15, 0.2) is 0 Å². The van der Waals surface area contributed by atoms with E-state index >= 15 is 0 Å². The molecule has 0 bridgehead atoms. The lowest BCUT2D eigenvalue weighted by molar-refractivity contribution is -0.143. The van der Waals surface area contributed by atoms with E-state index in [0.29, 0.717) is 6.42 Å². The Bertz CT molecular complexity index is 364. The summed E-state index contributed by atoms with van der Waals surface area (Å²) in [6.07, 6.45) is 10.3. The van der Waals surface area contributed by atoms with Gasteiger partial charge in [-0.25, -0.2) is 4.79 Å². The van der Waals surface area contributed by atoms with Crippen LogP contribution in [0, 0.1) is 0 Å². The minimum Gasteiger partial charge on any atom is -0.481 e. The zero-order valence-corrected chi connectivity index (χ0v) is 15.6. The zero-order valence-electron chi connectivity index (χ0n) is 15.6. The van der Waals surface area contributed by atoms with E-state index in [2.05, 4.69) is 12.2 Å². The SMILES string of the molecule is CCCCCCCCCCCC(=O)N[C@@H](CCC(=O)O)C(=O)O.N.N. The minimum atomic E-state index is -1.19. The van der Waals surface area contributed by atoms with E-state index in [4.69, 9.17) is 10.2 Å². The van der Waals surface area contributed by atoms with Gasteiger partial charge in [0.25, 0.3) is 0 Å². The second-order valence-corrected chi connectivity index (χ2v) is 5.97. The highest BCUT2D eigenvalue weighted by molar-refractivity contribution is 5.83. The number of unbranched alkanes of at least 4 members (excludes halogenated alkanes) is 8. The summed E-state index contributed by atoms with van der Waals surface area (Å²) in [6.45, 7) is 2.20. The highest BCUT2D eigenvalue weighted by Crippen LogP contribution is 2.10. The lowest BCUT2D eigenvalue weighted by atomic mass is 10.1. The fraction of sp³-hybridized carbons (Fsp3) is 0.824. The maximum atomic E-state index is 11.7. The molecule has 0 rings (SSSR count). The molecule has 0 aliphatic heterocycles. The van der Waals surface area contributed by atoms with Crippen LogP contribution in [0.2, 0.25) is 0 Å². The Kier molecular flexibility index (Phi) is 21.0. The van der Waals surface area contributed by atoms with Crippen molar-refractivity contribution in [2.75, 3.05) is 0 Å². The summed E-state index contributed by atoms with van der Waals surface area (Å²) in [7, 11) is 0. The van der Waals surface area contributed by atoms with Gasteiger partial charge in [-0.15, -0.1) is 0 Å². The molecule has 0 heterocycles. The lowest BCUT2D eigenvalue weighted by Crippen LogP contribution is -2.41. The Morgan fingerprint density at radius 3 is 1.72 bits per heavy atom. The standard InChI is InChI=1S/C17H31NO5.2H3N/c1-2-3-4-5-6-7-8-9-10-11-15(19)18-14(17(22)23)12-13-16(20)21;;/h14H,2-13H2,1H3,(H,18,19)(H,20,21)(H,22,23);2*1H3/t14-;;/m0../s1. The van der Waals surface area contributed by atoms with E-state index in [1.807, 2.05) is 0 Å². The first-order chi connectivity index (χ1) is 11.0. The molecule has 0 radical (unpaired) electrons. The van der Waals surface area contributed by atoms with Crippen LogP contribution in [-0.2, 0) is 14.4 Å². The van der Waals surface area contributed by atoms with Crippen molar-refractivity contribution in [3.05, 3.63) is 0 Å². The predicted molar refractivity (Wildman–Crippen MR) is 98.3 cm³/mol. The fourth-order valence-electron chi connectivity index (χ4n) is 2.39. The van der Waals surface area contributed by atoms with Crippen molar-refractivity contribution in [1.29, 1.82) is 0 Å². The molecule has 0 unspecified atom stereocenters. The molecule has 8 heteroatoms. The maximum Gasteiger partial charge on any atom is 0.326 e. The summed E-state index contributed by atoms with van der Waals surface area (Å²) in [4.78, 5) is 33.1. The normalized spacial score (nSPS) is 10.9. The number of hydrogen-bond donors (Lipinski definition) is 5. The van der Waals surface area contributed by atoms with Gasteiger partial charge in [0.2, 0.25) is 5.91 Å². The van der Waals surface area contributed by atoms with Crippen molar-refractivity contribution in [1.82, 2.24) is 17.6 Å². The number of hydrogen-bond acceptors (Lipinski definition) is 5. The second-order valence-electron chi connectivity index (χ2n) is 5.97. The largest absolute Gasteiger partial charge is 0.481 e. The average Bonchev–Trinajstić information content (AvgIpc) is 2.49. The fourth-order valence-corrected chi connectivity index (χ4v) is 2.39. The molecule has 0 saturated carbocycles. The molecule has 0 aromatic heterocycles. The van der Waals surface area contributed by atoms with Crippen molar-refractivity contribution >= 4 is 17.8 Å². The minimum absolute atomic E-state index is 0. The number of rotatable bonds is 15. The predicted octanol–water partition coefficient (Wildman–Crippen LogP) is 3.67. The average molecular weight is 363 g/mol. The van der Waals surface area contributed by atoms with Crippen LogP contribution in [0.15, 0.2) is 0 Å². The van der Waals surface area contributed by atoms with Crippen LogP contribution in [-0.4, -0.2) is 34.1 Å². The van der Waals surface area contributed by atoms with Gasteiger partial charge in [0.1, 0.15) is 6.04 Å². The number of nitrogens with one attached hydrogen (secondary N) is 1. The Labute approximate surface area is 150 Å². The topological polar surface area (TPSA) is 174 Å². The van der Waals surface area contributed by atoms with Gasteiger partial charge >= 0.3 is 11.9 Å². The number of aliphatic carboxylic acids is 2. The van der Waals surface area contributed by atoms with Gasteiger partial charge in [-0.2, -0.15) is 0 Å². The van der Waals surface area contributed by atoms with Crippen LogP contribution < -0.4 is 17.6 Å². The van der Waals surface area contributed by atoms with Crippen LogP contribution in [0.4, 0.5) is 0 Å². The van der Waals surface area contributed by atoms with Gasteiger partial charge < -0.3 is 27.8 Å². The van der Waals surface area contributed by atoms with E-state index in [9.17, 15) is 14.4 Å². The molecular weight excluding hydrogens is 326 g/mol.